The highest BCUT2D eigenvalue weighted by molar-refractivity contribution is 6.10. The summed E-state index contributed by atoms with van der Waals surface area (Å²) in [6.07, 6.45) is 3.05. The second-order valence-electron chi connectivity index (χ2n) is 7.45. The lowest BCUT2D eigenvalue weighted by Gasteiger charge is -2.32. The molecule has 0 unspecified atom stereocenters. The highest BCUT2D eigenvalue weighted by Crippen LogP contribution is 2.41. The molecule has 0 saturated carbocycles. The molecule has 2 saturated heterocycles. The smallest absolute Gasteiger partial charge is 0.240 e. The normalized spacial score (nSPS) is 22.6. The van der Waals surface area contributed by atoms with Crippen LogP contribution in [-0.4, -0.2) is 68.0 Å². The fourth-order valence-corrected chi connectivity index (χ4v) is 4.11. The van der Waals surface area contributed by atoms with Gasteiger partial charge in [-0.05, 0) is 37.0 Å². The van der Waals surface area contributed by atoms with E-state index in [-0.39, 0.29) is 43.7 Å². The molecule has 0 aromatic heterocycles. The standard InChI is InChI=1S/C21H28N2O5/c1-27-12-11-23-19(25)15-21(20(23)26,16-7-6-8-17(13-16)28-2)14-18(24)22-9-4-3-5-10-22/h6-8,13H,3-5,9-12,14-15H2,1-2H3/t21-/m0/s1. The van der Waals surface area contributed by atoms with E-state index in [0.29, 0.717) is 24.4 Å². The third kappa shape index (κ3) is 3.90. The number of hydrogen-bond acceptors (Lipinski definition) is 5. The lowest BCUT2D eigenvalue weighted by molar-refractivity contribution is -0.143. The van der Waals surface area contributed by atoms with Crippen molar-refractivity contribution >= 4 is 17.7 Å². The van der Waals surface area contributed by atoms with Crippen molar-refractivity contribution in [3.8, 4) is 5.75 Å². The van der Waals surface area contributed by atoms with Gasteiger partial charge in [-0.2, -0.15) is 0 Å². The van der Waals surface area contributed by atoms with Gasteiger partial charge < -0.3 is 14.4 Å². The van der Waals surface area contributed by atoms with Gasteiger partial charge in [-0.1, -0.05) is 12.1 Å². The largest absolute Gasteiger partial charge is 0.497 e. The Kier molecular flexibility index (Phi) is 6.34. The lowest BCUT2D eigenvalue weighted by atomic mass is 9.75. The molecule has 2 fully saturated rings. The van der Waals surface area contributed by atoms with E-state index in [4.69, 9.17) is 9.47 Å². The lowest BCUT2D eigenvalue weighted by Crippen LogP contribution is -2.45. The zero-order chi connectivity index (χ0) is 20.1. The van der Waals surface area contributed by atoms with Gasteiger partial charge in [0.05, 0.1) is 25.7 Å². The highest BCUT2D eigenvalue weighted by atomic mass is 16.5. The van der Waals surface area contributed by atoms with Crippen LogP contribution in [0.3, 0.4) is 0 Å². The van der Waals surface area contributed by atoms with Crippen LogP contribution in [0.5, 0.6) is 5.75 Å². The summed E-state index contributed by atoms with van der Waals surface area (Å²) in [5, 5.41) is 0. The third-order valence-electron chi connectivity index (χ3n) is 5.71. The van der Waals surface area contributed by atoms with E-state index in [0.717, 1.165) is 19.3 Å². The Bertz CT molecular complexity index is 744. The molecular formula is C21H28N2O5. The molecule has 2 aliphatic rings. The Labute approximate surface area is 165 Å². The molecular weight excluding hydrogens is 360 g/mol. The van der Waals surface area contributed by atoms with E-state index < -0.39 is 5.41 Å². The van der Waals surface area contributed by atoms with Crippen molar-refractivity contribution < 1.29 is 23.9 Å². The van der Waals surface area contributed by atoms with Gasteiger partial charge in [-0.25, -0.2) is 0 Å². The van der Waals surface area contributed by atoms with Gasteiger partial charge >= 0.3 is 0 Å². The SMILES string of the molecule is COCCN1C(=O)C[C@@](CC(=O)N2CCCCC2)(c2cccc(OC)c2)C1=O. The summed E-state index contributed by atoms with van der Waals surface area (Å²) < 4.78 is 10.4. The average molecular weight is 388 g/mol. The number of rotatable bonds is 7. The Morgan fingerprint density at radius 3 is 2.57 bits per heavy atom. The monoisotopic (exact) mass is 388 g/mol. The average Bonchev–Trinajstić information content (AvgIpc) is 2.97. The number of nitrogens with zero attached hydrogens (tertiary/aromatic N) is 2. The summed E-state index contributed by atoms with van der Waals surface area (Å²) in [5.41, 5.74) is -0.538. The van der Waals surface area contributed by atoms with E-state index in [1.54, 1.807) is 31.4 Å². The number of hydrogen-bond donors (Lipinski definition) is 0. The van der Waals surface area contributed by atoms with Gasteiger partial charge in [-0.3, -0.25) is 19.3 Å². The second kappa shape index (κ2) is 8.73. The molecule has 0 N–H and O–H groups in total. The molecule has 2 heterocycles. The van der Waals surface area contributed by atoms with Gasteiger partial charge in [0.15, 0.2) is 0 Å². The number of likely N-dealkylation sites (tertiary alicyclic amines) is 2. The number of carbonyl (C=O) groups excluding carboxylic acids is 3. The van der Waals surface area contributed by atoms with Crippen molar-refractivity contribution in [2.75, 3.05) is 40.5 Å². The summed E-state index contributed by atoms with van der Waals surface area (Å²) >= 11 is 0. The van der Waals surface area contributed by atoms with E-state index in [1.807, 2.05) is 4.90 Å². The summed E-state index contributed by atoms with van der Waals surface area (Å²) in [4.78, 5) is 42.2. The molecule has 0 radical (unpaired) electrons. The fourth-order valence-electron chi connectivity index (χ4n) is 4.11. The molecule has 3 rings (SSSR count). The molecule has 3 amide bonds. The molecule has 0 bridgehead atoms. The van der Waals surface area contributed by atoms with E-state index in [9.17, 15) is 14.4 Å². The quantitative estimate of drug-likeness (QED) is 0.665. The Balaban J connectivity index is 1.95. The van der Waals surface area contributed by atoms with Crippen LogP contribution in [0.15, 0.2) is 24.3 Å². The Morgan fingerprint density at radius 2 is 1.89 bits per heavy atom. The van der Waals surface area contributed by atoms with Gasteiger partial charge in [0, 0.05) is 33.0 Å². The Morgan fingerprint density at radius 1 is 1.14 bits per heavy atom. The number of imide groups is 1. The van der Waals surface area contributed by atoms with Crippen molar-refractivity contribution in [2.45, 2.75) is 37.5 Å². The molecule has 28 heavy (non-hydrogen) atoms. The van der Waals surface area contributed by atoms with Crippen LogP contribution in [0.4, 0.5) is 0 Å². The van der Waals surface area contributed by atoms with Crippen LogP contribution in [-0.2, 0) is 24.5 Å². The van der Waals surface area contributed by atoms with Crippen molar-refractivity contribution in [1.29, 1.82) is 0 Å². The third-order valence-corrected chi connectivity index (χ3v) is 5.71. The minimum absolute atomic E-state index is 0.00573. The van der Waals surface area contributed by atoms with Crippen LogP contribution in [0.25, 0.3) is 0 Å². The summed E-state index contributed by atoms with van der Waals surface area (Å²) in [5.74, 6) is -0.0698. The first-order valence-corrected chi connectivity index (χ1v) is 9.78. The number of methoxy groups -OCH3 is 2. The first-order chi connectivity index (χ1) is 13.5. The number of amides is 3. The van der Waals surface area contributed by atoms with Gasteiger partial charge in [0.2, 0.25) is 17.7 Å². The fraction of sp³-hybridized carbons (Fsp3) is 0.571. The first-order valence-electron chi connectivity index (χ1n) is 9.78. The van der Waals surface area contributed by atoms with Crippen LogP contribution < -0.4 is 4.74 Å². The predicted octanol–water partition coefficient (Wildman–Crippen LogP) is 1.74. The van der Waals surface area contributed by atoms with E-state index in [1.165, 1.54) is 12.0 Å². The summed E-state index contributed by atoms with van der Waals surface area (Å²) in [6, 6.07) is 7.13. The number of carbonyl (C=O) groups is 3. The molecule has 1 atom stereocenters. The summed E-state index contributed by atoms with van der Waals surface area (Å²) in [6.45, 7) is 1.88. The summed E-state index contributed by atoms with van der Waals surface area (Å²) in [7, 11) is 3.08. The minimum Gasteiger partial charge on any atom is -0.497 e. The zero-order valence-corrected chi connectivity index (χ0v) is 16.6. The predicted molar refractivity (Wildman–Crippen MR) is 103 cm³/mol. The highest BCUT2D eigenvalue weighted by Gasteiger charge is 2.54. The van der Waals surface area contributed by atoms with Crippen molar-refractivity contribution in [3.05, 3.63) is 29.8 Å². The zero-order valence-electron chi connectivity index (χ0n) is 16.6. The molecule has 152 valence electrons. The topological polar surface area (TPSA) is 76.2 Å². The van der Waals surface area contributed by atoms with Crippen molar-refractivity contribution in [3.63, 3.8) is 0 Å². The molecule has 1 aromatic carbocycles. The molecule has 2 aliphatic heterocycles. The molecule has 7 heteroatoms. The van der Waals surface area contributed by atoms with Crippen LogP contribution in [0.2, 0.25) is 0 Å². The maximum Gasteiger partial charge on any atom is 0.240 e. The maximum absolute atomic E-state index is 13.4. The molecule has 1 aromatic rings. The molecule has 0 spiro atoms. The molecule has 7 nitrogen and oxygen atoms in total. The van der Waals surface area contributed by atoms with Crippen molar-refractivity contribution in [2.24, 2.45) is 0 Å². The number of piperidine rings is 1. The Hall–Kier alpha value is -2.41. The van der Waals surface area contributed by atoms with Crippen LogP contribution in [0, 0.1) is 0 Å². The van der Waals surface area contributed by atoms with Gasteiger partial charge in [0.25, 0.3) is 0 Å². The van der Waals surface area contributed by atoms with Crippen LogP contribution in [0.1, 0.15) is 37.7 Å². The van der Waals surface area contributed by atoms with E-state index >= 15 is 0 Å². The number of benzene rings is 1. The molecule has 0 aliphatic carbocycles. The van der Waals surface area contributed by atoms with E-state index in [2.05, 4.69) is 0 Å². The minimum atomic E-state index is -1.19. The number of ether oxygens (including phenoxy) is 2. The first kappa shape index (κ1) is 20.3. The second-order valence-corrected chi connectivity index (χ2v) is 7.45. The maximum atomic E-state index is 13.4. The van der Waals surface area contributed by atoms with Crippen molar-refractivity contribution in [1.82, 2.24) is 9.80 Å². The van der Waals surface area contributed by atoms with Gasteiger partial charge in [-0.15, -0.1) is 0 Å². The van der Waals surface area contributed by atoms with Gasteiger partial charge in [0.1, 0.15) is 5.75 Å². The van der Waals surface area contributed by atoms with Crippen LogP contribution >= 0.6 is 0 Å².